The minimum atomic E-state index is -0.118. The Morgan fingerprint density at radius 1 is 1.03 bits per heavy atom. The summed E-state index contributed by atoms with van der Waals surface area (Å²) in [5.74, 6) is 0. The molecule has 4 saturated heterocycles. The number of hydrogen-bond acceptors (Lipinski definition) is 5. The van der Waals surface area contributed by atoms with Crippen molar-refractivity contribution in [3.8, 4) is 0 Å². The third-order valence-corrected chi connectivity index (χ3v) is 7.52. The first-order chi connectivity index (χ1) is 13.4. The number of carbonyl (C=O) groups excluding carboxylic acids is 1. The summed E-state index contributed by atoms with van der Waals surface area (Å²) >= 11 is 0. The van der Waals surface area contributed by atoms with Crippen LogP contribution in [0.25, 0.3) is 0 Å². The van der Waals surface area contributed by atoms with Crippen LogP contribution in [-0.4, -0.2) is 89.5 Å². The molecule has 6 nitrogen and oxygen atoms in total. The van der Waals surface area contributed by atoms with Gasteiger partial charge in [0.2, 0.25) is 0 Å². The van der Waals surface area contributed by atoms with Crippen molar-refractivity contribution in [2.24, 2.45) is 5.41 Å². The average Bonchev–Trinajstić information content (AvgIpc) is 3.05. The molecule has 2 atom stereocenters. The van der Waals surface area contributed by atoms with Crippen LogP contribution in [-0.2, 0) is 9.47 Å². The highest BCUT2D eigenvalue weighted by molar-refractivity contribution is 5.69. The van der Waals surface area contributed by atoms with Crippen LogP contribution < -0.4 is 0 Å². The minimum Gasteiger partial charge on any atom is -0.448 e. The van der Waals surface area contributed by atoms with Crippen LogP contribution in [0.5, 0.6) is 0 Å². The van der Waals surface area contributed by atoms with E-state index in [-0.39, 0.29) is 22.8 Å². The summed E-state index contributed by atoms with van der Waals surface area (Å²) in [6.07, 6.45) is 4.56. The summed E-state index contributed by atoms with van der Waals surface area (Å²) in [6, 6.07) is 0.348. The third kappa shape index (κ3) is 4.17. The van der Waals surface area contributed by atoms with Crippen LogP contribution in [0.4, 0.5) is 4.79 Å². The normalized spacial score (nSPS) is 32.2. The van der Waals surface area contributed by atoms with E-state index in [9.17, 15) is 4.79 Å². The molecule has 4 aliphatic heterocycles. The van der Waals surface area contributed by atoms with Gasteiger partial charge in [0.1, 0.15) is 6.61 Å². The number of fused-ring (bicyclic) bond motifs is 1. The fourth-order valence-electron chi connectivity index (χ4n) is 5.73. The Kier molecular flexibility index (Phi) is 5.23. The molecule has 2 unspecified atom stereocenters. The van der Waals surface area contributed by atoms with Gasteiger partial charge < -0.3 is 14.4 Å². The monoisotopic (exact) mass is 407 g/mol. The van der Waals surface area contributed by atoms with Crippen LogP contribution in [0.2, 0.25) is 0 Å². The fourth-order valence-corrected chi connectivity index (χ4v) is 5.73. The first-order valence-electron chi connectivity index (χ1n) is 11.5. The van der Waals surface area contributed by atoms with E-state index in [0.29, 0.717) is 18.1 Å². The van der Waals surface area contributed by atoms with Crippen LogP contribution in [0.1, 0.15) is 67.2 Å². The summed E-state index contributed by atoms with van der Waals surface area (Å²) in [4.78, 5) is 19.5. The van der Waals surface area contributed by atoms with Crippen LogP contribution in [0.15, 0.2) is 0 Å². The molecule has 0 aromatic carbocycles. The largest absolute Gasteiger partial charge is 0.448 e. The van der Waals surface area contributed by atoms with Crippen LogP contribution >= 0.6 is 0 Å². The van der Waals surface area contributed by atoms with Gasteiger partial charge in [0.05, 0.1) is 12.2 Å². The highest BCUT2D eigenvalue weighted by Gasteiger charge is 2.56. The Labute approximate surface area is 176 Å². The predicted molar refractivity (Wildman–Crippen MR) is 114 cm³/mol. The molecule has 0 aliphatic carbocycles. The van der Waals surface area contributed by atoms with E-state index in [0.717, 1.165) is 52.2 Å². The highest BCUT2D eigenvalue weighted by atomic mass is 16.6. The van der Waals surface area contributed by atoms with Gasteiger partial charge in [-0.05, 0) is 73.8 Å². The maximum absolute atomic E-state index is 12.6. The van der Waals surface area contributed by atoms with Gasteiger partial charge in [-0.25, -0.2) is 4.79 Å². The maximum Gasteiger partial charge on any atom is 0.409 e. The van der Waals surface area contributed by atoms with E-state index in [1.165, 1.54) is 12.8 Å². The molecular formula is C23H41N3O3. The van der Waals surface area contributed by atoms with Crippen molar-refractivity contribution < 1.29 is 14.3 Å². The van der Waals surface area contributed by atoms with Crippen LogP contribution in [0, 0.1) is 5.41 Å². The zero-order chi connectivity index (χ0) is 21.1. The van der Waals surface area contributed by atoms with Gasteiger partial charge in [0.25, 0.3) is 0 Å². The summed E-state index contributed by atoms with van der Waals surface area (Å²) in [7, 11) is 0. The molecule has 0 aromatic rings. The fraction of sp³-hybridized carbons (Fsp3) is 0.957. The first-order valence-corrected chi connectivity index (χ1v) is 11.5. The second-order valence-electron chi connectivity index (χ2n) is 12.1. The molecule has 4 fully saturated rings. The van der Waals surface area contributed by atoms with Gasteiger partial charge in [0, 0.05) is 48.7 Å². The molecule has 0 saturated carbocycles. The number of nitrogens with zero attached hydrogens (tertiary/aromatic N) is 3. The molecule has 29 heavy (non-hydrogen) atoms. The van der Waals surface area contributed by atoms with Gasteiger partial charge in [-0.2, -0.15) is 0 Å². The second-order valence-corrected chi connectivity index (χ2v) is 12.1. The predicted octanol–water partition coefficient (Wildman–Crippen LogP) is 3.35. The second kappa shape index (κ2) is 7.10. The number of rotatable bonds is 4. The molecular weight excluding hydrogens is 366 g/mol. The lowest BCUT2D eigenvalue weighted by Crippen LogP contribution is -2.75. The molecule has 0 bridgehead atoms. The molecule has 4 heterocycles. The van der Waals surface area contributed by atoms with Crippen molar-refractivity contribution in [2.75, 3.05) is 45.9 Å². The Hall–Kier alpha value is -0.850. The van der Waals surface area contributed by atoms with Crippen LogP contribution in [0.3, 0.4) is 0 Å². The average molecular weight is 408 g/mol. The van der Waals surface area contributed by atoms with Crippen molar-refractivity contribution in [3.63, 3.8) is 0 Å². The van der Waals surface area contributed by atoms with Crippen molar-refractivity contribution in [3.05, 3.63) is 0 Å². The number of ether oxygens (including phenoxy) is 2. The Balaban J connectivity index is 1.22. The SMILES string of the molecule is CC(C)(C)OCC12CCCN1C(COC(=O)N1CC3(C1)CN(C(C)(C)C)C3)CC2. The molecule has 6 heteroatoms. The topological polar surface area (TPSA) is 45.3 Å². The molecule has 0 N–H and O–H groups in total. The number of likely N-dealkylation sites (tertiary alicyclic amines) is 2. The van der Waals surface area contributed by atoms with Crippen molar-refractivity contribution >= 4 is 6.09 Å². The minimum absolute atomic E-state index is 0.106. The Bertz CT molecular complexity index is 624. The Morgan fingerprint density at radius 3 is 2.34 bits per heavy atom. The maximum atomic E-state index is 12.6. The smallest absolute Gasteiger partial charge is 0.409 e. The van der Waals surface area contributed by atoms with Gasteiger partial charge in [-0.1, -0.05) is 0 Å². The lowest BCUT2D eigenvalue weighted by atomic mass is 9.71. The zero-order valence-electron chi connectivity index (χ0n) is 19.4. The van der Waals surface area contributed by atoms with Gasteiger partial charge in [-0.15, -0.1) is 0 Å². The molecule has 166 valence electrons. The quantitative estimate of drug-likeness (QED) is 0.715. The molecule has 4 aliphatic rings. The third-order valence-electron chi connectivity index (χ3n) is 7.52. The highest BCUT2D eigenvalue weighted by Crippen LogP contribution is 2.44. The van der Waals surface area contributed by atoms with Crippen molar-refractivity contribution in [1.29, 1.82) is 0 Å². The summed E-state index contributed by atoms with van der Waals surface area (Å²) in [5.41, 5.74) is 0.611. The Morgan fingerprint density at radius 2 is 1.72 bits per heavy atom. The van der Waals surface area contributed by atoms with Crippen molar-refractivity contribution in [2.45, 2.75) is 89.9 Å². The lowest BCUT2D eigenvalue weighted by molar-refractivity contribution is -0.136. The molecule has 1 spiro atoms. The van der Waals surface area contributed by atoms with Crippen molar-refractivity contribution in [1.82, 2.24) is 14.7 Å². The van der Waals surface area contributed by atoms with E-state index in [1.54, 1.807) is 0 Å². The standard InChI is InChI=1S/C23H41N3O3/c1-20(2,3)25-15-22(16-25)13-24(14-22)19(27)28-12-18-8-10-23(9-7-11-26(18)23)17-29-21(4,5)6/h18H,7-17H2,1-6H3. The van der Waals surface area contributed by atoms with E-state index in [4.69, 9.17) is 9.47 Å². The summed E-state index contributed by atoms with van der Waals surface area (Å²) in [6.45, 7) is 19.5. The van der Waals surface area contributed by atoms with Gasteiger partial charge >= 0.3 is 6.09 Å². The number of hydrogen-bond donors (Lipinski definition) is 0. The number of amides is 1. The molecule has 4 rings (SSSR count). The van der Waals surface area contributed by atoms with E-state index < -0.39 is 0 Å². The molecule has 1 amide bonds. The molecule has 0 aromatic heterocycles. The van der Waals surface area contributed by atoms with E-state index in [1.807, 2.05) is 4.90 Å². The summed E-state index contributed by atoms with van der Waals surface area (Å²) in [5, 5.41) is 0. The van der Waals surface area contributed by atoms with Gasteiger partial charge in [0.15, 0.2) is 0 Å². The number of carbonyl (C=O) groups is 1. The first kappa shape index (κ1) is 21.4. The van der Waals surface area contributed by atoms with Gasteiger partial charge in [-0.3, -0.25) is 9.80 Å². The van der Waals surface area contributed by atoms with E-state index >= 15 is 0 Å². The lowest BCUT2D eigenvalue weighted by Gasteiger charge is -2.63. The zero-order valence-corrected chi connectivity index (χ0v) is 19.4. The summed E-state index contributed by atoms with van der Waals surface area (Å²) < 4.78 is 11.9. The molecule has 0 radical (unpaired) electrons. The van der Waals surface area contributed by atoms with E-state index in [2.05, 4.69) is 51.3 Å².